The summed E-state index contributed by atoms with van der Waals surface area (Å²) in [5.74, 6) is 0. The molecule has 0 aliphatic carbocycles. The fourth-order valence-electron chi connectivity index (χ4n) is 0.675. The zero-order valence-electron chi connectivity index (χ0n) is 7.28. The molecule has 1 unspecified atom stereocenters. The average Bonchev–Trinajstić information content (AvgIpc) is 1.98. The quantitative estimate of drug-likeness (QED) is 0.480. The van der Waals surface area contributed by atoms with E-state index in [1.165, 1.54) is 0 Å². The number of aliphatic hydroxyl groups is 1. The van der Waals surface area contributed by atoms with Gasteiger partial charge in [-0.1, -0.05) is 12.2 Å². The van der Waals surface area contributed by atoms with Crippen LogP contribution < -0.4 is 0 Å². The van der Waals surface area contributed by atoms with Gasteiger partial charge in [0.25, 0.3) is 0 Å². The van der Waals surface area contributed by atoms with Gasteiger partial charge in [-0.25, -0.2) is 0 Å². The van der Waals surface area contributed by atoms with E-state index in [1.807, 2.05) is 6.08 Å². The van der Waals surface area contributed by atoms with Gasteiger partial charge in [0.2, 0.25) is 0 Å². The van der Waals surface area contributed by atoms with Crippen LogP contribution in [0, 0.1) is 0 Å². The van der Waals surface area contributed by atoms with Crippen molar-refractivity contribution in [3.63, 3.8) is 0 Å². The highest BCUT2D eigenvalue weighted by molar-refractivity contribution is 4.86. The molecule has 0 heterocycles. The van der Waals surface area contributed by atoms with Gasteiger partial charge in [0.05, 0.1) is 6.10 Å². The van der Waals surface area contributed by atoms with Crippen LogP contribution in [0.3, 0.4) is 0 Å². The smallest absolute Gasteiger partial charge is 0.160 e. The van der Waals surface area contributed by atoms with Crippen LogP contribution >= 0.6 is 0 Å². The molecule has 0 fully saturated rings. The van der Waals surface area contributed by atoms with E-state index in [0.717, 1.165) is 0 Å². The molecule has 0 aromatic carbocycles. The van der Waals surface area contributed by atoms with Crippen LogP contribution in [0.2, 0.25) is 0 Å². The molecule has 66 valence electrons. The third-order valence-corrected chi connectivity index (χ3v) is 1.27. The van der Waals surface area contributed by atoms with E-state index in [-0.39, 0.29) is 6.29 Å². The number of ether oxygens (including phenoxy) is 2. The zero-order chi connectivity index (χ0) is 8.69. The van der Waals surface area contributed by atoms with Crippen LogP contribution in [0.5, 0.6) is 0 Å². The van der Waals surface area contributed by atoms with Crippen molar-refractivity contribution in [1.82, 2.24) is 0 Å². The van der Waals surface area contributed by atoms with Crippen molar-refractivity contribution in [2.75, 3.05) is 14.2 Å². The summed E-state index contributed by atoms with van der Waals surface area (Å²) in [4.78, 5) is 0. The van der Waals surface area contributed by atoms with Crippen LogP contribution in [0.15, 0.2) is 12.2 Å². The summed E-state index contributed by atoms with van der Waals surface area (Å²) in [7, 11) is 3.18. The molecule has 1 N–H and O–H groups in total. The average molecular weight is 160 g/mol. The summed E-state index contributed by atoms with van der Waals surface area (Å²) in [6.45, 7) is 1.70. The molecule has 0 spiro atoms. The second kappa shape index (κ2) is 6.34. The molecule has 11 heavy (non-hydrogen) atoms. The maximum Gasteiger partial charge on any atom is 0.160 e. The highest BCUT2D eigenvalue weighted by Gasteiger charge is 2.00. The van der Waals surface area contributed by atoms with Gasteiger partial charge in [0, 0.05) is 20.6 Å². The van der Waals surface area contributed by atoms with Crippen molar-refractivity contribution >= 4 is 0 Å². The van der Waals surface area contributed by atoms with Gasteiger partial charge in [-0.3, -0.25) is 0 Å². The van der Waals surface area contributed by atoms with Crippen LogP contribution in [-0.4, -0.2) is 31.7 Å². The largest absolute Gasteiger partial charge is 0.389 e. The molecular formula is C8H16O3. The Balaban J connectivity index is 3.49. The van der Waals surface area contributed by atoms with E-state index in [0.29, 0.717) is 6.42 Å². The predicted octanol–water partition coefficient (Wildman–Crippen LogP) is 0.932. The first-order chi connectivity index (χ1) is 5.20. The Morgan fingerprint density at radius 3 is 2.27 bits per heavy atom. The Labute approximate surface area is 67.6 Å². The molecule has 1 atom stereocenters. The van der Waals surface area contributed by atoms with Crippen molar-refractivity contribution in [3.05, 3.63) is 12.2 Å². The minimum Gasteiger partial charge on any atom is -0.389 e. The van der Waals surface area contributed by atoms with Gasteiger partial charge in [-0.2, -0.15) is 0 Å². The van der Waals surface area contributed by atoms with Crippen LogP contribution in [0.1, 0.15) is 13.3 Å². The maximum atomic E-state index is 8.84. The molecular weight excluding hydrogens is 144 g/mol. The number of aliphatic hydroxyl groups excluding tert-OH is 1. The second-order valence-electron chi connectivity index (χ2n) is 2.31. The zero-order valence-corrected chi connectivity index (χ0v) is 7.28. The van der Waals surface area contributed by atoms with Crippen LogP contribution in [0.4, 0.5) is 0 Å². The summed E-state index contributed by atoms with van der Waals surface area (Å²) >= 11 is 0. The minimum absolute atomic E-state index is 0.204. The lowest BCUT2D eigenvalue weighted by Gasteiger charge is -2.09. The fourth-order valence-corrected chi connectivity index (χ4v) is 0.675. The molecule has 3 heteroatoms. The predicted molar refractivity (Wildman–Crippen MR) is 43.2 cm³/mol. The van der Waals surface area contributed by atoms with Gasteiger partial charge < -0.3 is 14.6 Å². The van der Waals surface area contributed by atoms with Crippen LogP contribution in [0.25, 0.3) is 0 Å². The molecule has 0 aromatic rings. The maximum absolute atomic E-state index is 8.84. The number of rotatable bonds is 5. The van der Waals surface area contributed by atoms with Crippen molar-refractivity contribution < 1.29 is 14.6 Å². The molecule has 0 aliphatic heterocycles. The van der Waals surface area contributed by atoms with E-state index in [4.69, 9.17) is 14.6 Å². The monoisotopic (exact) mass is 160 g/mol. The lowest BCUT2D eigenvalue weighted by atomic mass is 10.3. The van der Waals surface area contributed by atoms with Crippen molar-refractivity contribution in [2.45, 2.75) is 25.7 Å². The topological polar surface area (TPSA) is 38.7 Å². The first-order valence-corrected chi connectivity index (χ1v) is 3.61. The summed E-state index contributed by atoms with van der Waals surface area (Å²) in [6, 6.07) is 0. The molecule has 0 aromatic heterocycles. The number of hydrogen-bond donors (Lipinski definition) is 1. The van der Waals surface area contributed by atoms with E-state index in [1.54, 1.807) is 27.2 Å². The first kappa shape index (κ1) is 10.6. The standard InChI is InChI=1S/C8H16O3/c1-7(9)5-4-6-8(10-2)11-3/h4-5,7-9H,6H2,1-3H3/b5-4+. The van der Waals surface area contributed by atoms with E-state index >= 15 is 0 Å². The molecule has 0 rings (SSSR count). The molecule has 0 saturated carbocycles. The van der Waals surface area contributed by atoms with Gasteiger partial charge >= 0.3 is 0 Å². The summed E-state index contributed by atoms with van der Waals surface area (Å²) in [5, 5.41) is 8.84. The lowest BCUT2D eigenvalue weighted by Crippen LogP contribution is -2.11. The molecule has 0 amide bonds. The van der Waals surface area contributed by atoms with E-state index in [9.17, 15) is 0 Å². The van der Waals surface area contributed by atoms with Gasteiger partial charge in [0.1, 0.15) is 0 Å². The summed E-state index contributed by atoms with van der Waals surface area (Å²) in [6.07, 6.45) is 3.60. The Morgan fingerprint density at radius 1 is 1.36 bits per heavy atom. The van der Waals surface area contributed by atoms with E-state index < -0.39 is 6.10 Å². The van der Waals surface area contributed by atoms with Gasteiger partial charge in [-0.05, 0) is 6.92 Å². The molecule has 0 aliphatic rings. The molecule has 0 saturated heterocycles. The third kappa shape index (κ3) is 6.04. The Morgan fingerprint density at radius 2 is 1.91 bits per heavy atom. The van der Waals surface area contributed by atoms with E-state index in [2.05, 4.69) is 0 Å². The SMILES string of the molecule is COC(C/C=C/C(C)O)OC. The number of methoxy groups -OCH3 is 2. The Hall–Kier alpha value is -0.380. The van der Waals surface area contributed by atoms with Gasteiger partial charge in [0.15, 0.2) is 6.29 Å². The first-order valence-electron chi connectivity index (χ1n) is 3.61. The highest BCUT2D eigenvalue weighted by atomic mass is 16.7. The Kier molecular flexibility index (Phi) is 6.12. The normalized spacial score (nSPS) is 14.6. The molecule has 3 nitrogen and oxygen atoms in total. The lowest BCUT2D eigenvalue weighted by molar-refractivity contribution is -0.0986. The second-order valence-corrected chi connectivity index (χ2v) is 2.31. The minimum atomic E-state index is -0.399. The summed E-state index contributed by atoms with van der Waals surface area (Å²) < 4.78 is 9.85. The third-order valence-electron chi connectivity index (χ3n) is 1.27. The Bertz CT molecular complexity index is 106. The fraction of sp³-hybridized carbons (Fsp3) is 0.750. The highest BCUT2D eigenvalue weighted by Crippen LogP contribution is 1.99. The van der Waals surface area contributed by atoms with Crippen LogP contribution in [-0.2, 0) is 9.47 Å². The van der Waals surface area contributed by atoms with Gasteiger partial charge in [-0.15, -0.1) is 0 Å². The molecule has 0 radical (unpaired) electrons. The molecule has 0 bridgehead atoms. The number of hydrogen-bond acceptors (Lipinski definition) is 3. The van der Waals surface area contributed by atoms with Crippen molar-refractivity contribution in [1.29, 1.82) is 0 Å². The van der Waals surface area contributed by atoms with Crippen molar-refractivity contribution in [2.24, 2.45) is 0 Å². The van der Waals surface area contributed by atoms with Crippen molar-refractivity contribution in [3.8, 4) is 0 Å². The summed E-state index contributed by atoms with van der Waals surface area (Å²) in [5.41, 5.74) is 0.